The minimum atomic E-state index is -0.848. The van der Waals surface area contributed by atoms with E-state index in [2.05, 4.69) is 9.97 Å². The van der Waals surface area contributed by atoms with Crippen LogP contribution in [0, 0.1) is 0 Å². The average molecular weight is 251 g/mol. The number of hydrogen-bond acceptors (Lipinski definition) is 5. The number of nitrogens with zero attached hydrogens (tertiary/aromatic N) is 3. The van der Waals surface area contributed by atoms with E-state index in [1.54, 1.807) is 6.07 Å². The molecular formula is C12H17N3O3. The molecule has 1 saturated heterocycles. The number of rotatable bonds is 4. The van der Waals surface area contributed by atoms with Gasteiger partial charge >= 0.3 is 5.97 Å². The number of anilines is 1. The normalized spacial score (nSPS) is 23.1. The van der Waals surface area contributed by atoms with E-state index >= 15 is 0 Å². The van der Waals surface area contributed by atoms with Crippen LogP contribution in [0.2, 0.25) is 0 Å². The van der Waals surface area contributed by atoms with E-state index in [-0.39, 0.29) is 0 Å². The molecule has 0 bridgehead atoms. The molecule has 0 aliphatic carbocycles. The molecule has 1 atom stereocenters. The highest BCUT2D eigenvalue weighted by molar-refractivity contribution is 5.84. The van der Waals surface area contributed by atoms with Crippen molar-refractivity contribution in [3.63, 3.8) is 0 Å². The molecule has 1 aromatic rings. The zero-order chi connectivity index (χ0) is 13.2. The number of carboxylic acids is 1. The van der Waals surface area contributed by atoms with Crippen molar-refractivity contribution in [1.82, 2.24) is 9.97 Å². The van der Waals surface area contributed by atoms with E-state index in [0.717, 1.165) is 6.42 Å². The molecule has 1 aliphatic heterocycles. The van der Waals surface area contributed by atoms with Gasteiger partial charge in [-0.25, -0.2) is 14.8 Å². The van der Waals surface area contributed by atoms with Crippen molar-refractivity contribution in [2.45, 2.75) is 31.7 Å². The summed E-state index contributed by atoms with van der Waals surface area (Å²) in [5.41, 5.74) is -0.848. The van der Waals surface area contributed by atoms with Gasteiger partial charge in [-0.3, -0.25) is 0 Å². The van der Waals surface area contributed by atoms with Crippen molar-refractivity contribution in [1.29, 1.82) is 0 Å². The number of methoxy groups -OCH3 is 1. The minimum absolute atomic E-state index is 0.447. The van der Waals surface area contributed by atoms with Crippen LogP contribution in [0.15, 0.2) is 12.4 Å². The maximum Gasteiger partial charge on any atom is 0.329 e. The number of hydrogen-bond donors (Lipinski definition) is 1. The monoisotopic (exact) mass is 251 g/mol. The Bertz CT molecular complexity index is 452. The molecule has 1 aromatic heterocycles. The number of aliphatic carboxylic acids is 1. The summed E-state index contributed by atoms with van der Waals surface area (Å²) >= 11 is 0. The molecular weight excluding hydrogens is 234 g/mol. The Hall–Kier alpha value is -1.85. The maximum absolute atomic E-state index is 11.6. The van der Waals surface area contributed by atoms with E-state index in [0.29, 0.717) is 31.1 Å². The van der Waals surface area contributed by atoms with Crippen molar-refractivity contribution in [3.8, 4) is 5.88 Å². The fourth-order valence-corrected chi connectivity index (χ4v) is 2.54. The smallest absolute Gasteiger partial charge is 0.329 e. The van der Waals surface area contributed by atoms with E-state index in [9.17, 15) is 9.90 Å². The summed E-state index contributed by atoms with van der Waals surface area (Å²) in [4.78, 5) is 21.5. The van der Waals surface area contributed by atoms with Crippen molar-refractivity contribution in [2.24, 2.45) is 0 Å². The first kappa shape index (κ1) is 12.6. The third-order valence-electron chi connectivity index (χ3n) is 3.58. The average Bonchev–Trinajstić information content (AvgIpc) is 2.84. The Morgan fingerprint density at radius 3 is 3.00 bits per heavy atom. The van der Waals surface area contributed by atoms with E-state index in [1.807, 2.05) is 11.8 Å². The third-order valence-corrected chi connectivity index (χ3v) is 3.58. The molecule has 6 heteroatoms. The standard InChI is InChI=1S/C12H17N3O3/c1-3-12(11(16)17)5-4-6-15(12)9-7-10(18-2)14-8-13-9/h7-8H,3-6H2,1-2H3,(H,16,17). The van der Waals surface area contributed by atoms with Gasteiger partial charge in [0, 0.05) is 12.6 Å². The SMILES string of the molecule is CCC1(C(=O)O)CCCN1c1cc(OC)ncn1. The predicted octanol–water partition coefficient (Wildman–Crippen LogP) is 1.32. The van der Waals surface area contributed by atoms with Gasteiger partial charge in [0.25, 0.3) is 0 Å². The van der Waals surface area contributed by atoms with Crippen LogP contribution in [0.5, 0.6) is 5.88 Å². The molecule has 2 heterocycles. The maximum atomic E-state index is 11.6. The van der Waals surface area contributed by atoms with Crippen molar-refractivity contribution in [3.05, 3.63) is 12.4 Å². The Balaban J connectivity index is 2.39. The van der Waals surface area contributed by atoms with Crippen LogP contribution in [-0.4, -0.2) is 40.2 Å². The van der Waals surface area contributed by atoms with E-state index < -0.39 is 11.5 Å². The largest absolute Gasteiger partial charge is 0.481 e. The number of carboxylic acid groups (broad SMARTS) is 1. The lowest BCUT2D eigenvalue weighted by atomic mass is 9.93. The van der Waals surface area contributed by atoms with Gasteiger partial charge in [-0.2, -0.15) is 0 Å². The van der Waals surface area contributed by atoms with Crippen molar-refractivity contribution < 1.29 is 14.6 Å². The van der Waals surface area contributed by atoms with Gasteiger partial charge in [-0.1, -0.05) is 6.92 Å². The van der Waals surface area contributed by atoms with Gasteiger partial charge in [-0.05, 0) is 19.3 Å². The summed E-state index contributed by atoms with van der Waals surface area (Å²) in [6.07, 6.45) is 3.45. The van der Waals surface area contributed by atoms with Crippen LogP contribution in [0.3, 0.4) is 0 Å². The first-order chi connectivity index (χ1) is 8.64. The molecule has 2 rings (SSSR count). The van der Waals surface area contributed by atoms with Crippen LogP contribution in [0.4, 0.5) is 5.82 Å². The zero-order valence-electron chi connectivity index (χ0n) is 10.6. The highest BCUT2D eigenvalue weighted by atomic mass is 16.5. The molecule has 98 valence electrons. The molecule has 0 spiro atoms. The number of aromatic nitrogens is 2. The minimum Gasteiger partial charge on any atom is -0.481 e. The van der Waals surface area contributed by atoms with Crippen LogP contribution in [0.25, 0.3) is 0 Å². The Kier molecular flexibility index (Phi) is 3.36. The van der Waals surface area contributed by atoms with Crippen LogP contribution in [0.1, 0.15) is 26.2 Å². The number of carbonyl (C=O) groups is 1. The molecule has 0 saturated carbocycles. The molecule has 6 nitrogen and oxygen atoms in total. The van der Waals surface area contributed by atoms with Gasteiger partial charge < -0.3 is 14.7 Å². The van der Waals surface area contributed by atoms with Crippen molar-refractivity contribution in [2.75, 3.05) is 18.6 Å². The van der Waals surface area contributed by atoms with Gasteiger partial charge in [0.05, 0.1) is 7.11 Å². The zero-order valence-corrected chi connectivity index (χ0v) is 10.6. The van der Waals surface area contributed by atoms with Gasteiger partial charge in [-0.15, -0.1) is 0 Å². The summed E-state index contributed by atoms with van der Waals surface area (Å²) in [5.74, 6) is 0.269. The van der Waals surface area contributed by atoms with Gasteiger partial charge in [0.15, 0.2) is 0 Å². The van der Waals surface area contributed by atoms with Crippen molar-refractivity contribution >= 4 is 11.8 Å². The fourth-order valence-electron chi connectivity index (χ4n) is 2.54. The second-order valence-corrected chi connectivity index (χ2v) is 4.36. The lowest BCUT2D eigenvalue weighted by molar-refractivity contribution is -0.143. The second kappa shape index (κ2) is 4.80. The molecule has 18 heavy (non-hydrogen) atoms. The summed E-state index contributed by atoms with van der Waals surface area (Å²) in [6, 6.07) is 1.68. The predicted molar refractivity (Wildman–Crippen MR) is 65.8 cm³/mol. The fraction of sp³-hybridized carbons (Fsp3) is 0.583. The van der Waals surface area contributed by atoms with Crippen LogP contribution < -0.4 is 9.64 Å². The molecule has 0 amide bonds. The quantitative estimate of drug-likeness (QED) is 0.869. The summed E-state index contributed by atoms with van der Waals surface area (Å²) in [5, 5.41) is 9.51. The molecule has 1 fully saturated rings. The summed E-state index contributed by atoms with van der Waals surface area (Å²) < 4.78 is 5.05. The molecule has 0 aromatic carbocycles. The number of ether oxygens (including phenoxy) is 1. The van der Waals surface area contributed by atoms with Crippen LogP contribution >= 0.6 is 0 Å². The Morgan fingerprint density at radius 2 is 2.39 bits per heavy atom. The third kappa shape index (κ3) is 1.87. The lowest BCUT2D eigenvalue weighted by Gasteiger charge is -2.34. The first-order valence-electron chi connectivity index (χ1n) is 6.01. The Labute approximate surface area is 106 Å². The van der Waals surface area contributed by atoms with Gasteiger partial charge in [0.2, 0.25) is 5.88 Å². The van der Waals surface area contributed by atoms with Gasteiger partial charge in [0.1, 0.15) is 17.7 Å². The van der Waals surface area contributed by atoms with E-state index in [4.69, 9.17) is 4.74 Å². The summed E-state index contributed by atoms with van der Waals surface area (Å²) in [6.45, 7) is 2.59. The topological polar surface area (TPSA) is 75.5 Å². The Morgan fingerprint density at radius 1 is 1.61 bits per heavy atom. The summed E-state index contributed by atoms with van der Waals surface area (Å²) in [7, 11) is 1.53. The highest BCUT2D eigenvalue weighted by Gasteiger charge is 2.46. The lowest BCUT2D eigenvalue weighted by Crippen LogP contribution is -2.50. The highest BCUT2D eigenvalue weighted by Crippen LogP contribution is 2.36. The first-order valence-corrected chi connectivity index (χ1v) is 6.01. The van der Waals surface area contributed by atoms with Crippen LogP contribution in [-0.2, 0) is 4.79 Å². The second-order valence-electron chi connectivity index (χ2n) is 4.36. The molecule has 1 aliphatic rings. The molecule has 1 unspecified atom stereocenters. The van der Waals surface area contributed by atoms with E-state index in [1.165, 1.54) is 13.4 Å². The molecule has 1 N–H and O–H groups in total. The molecule has 0 radical (unpaired) electrons.